The van der Waals surface area contributed by atoms with E-state index in [-0.39, 0.29) is 0 Å². The molecule has 0 fully saturated rings. The lowest BCUT2D eigenvalue weighted by atomic mass is 10.2. The van der Waals surface area contributed by atoms with Gasteiger partial charge in [-0.2, -0.15) is 0 Å². The van der Waals surface area contributed by atoms with Crippen molar-refractivity contribution in [2.75, 3.05) is 17.7 Å². The van der Waals surface area contributed by atoms with Gasteiger partial charge in [-0.1, -0.05) is 6.07 Å². The van der Waals surface area contributed by atoms with Crippen molar-refractivity contribution in [1.82, 2.24) is 0 Å². The van der Waals surface area contributed by atoms with Crippen molar-refractivity contribution in [3.05, 3.63) is 45.1 Å². The Hall–Kier alpha value is -1.00. The summed E-state index contributed by atoms with van der Waals surface area (Å²) in [6, 6.07) is 10.1. The Morgan fingerprint density at radius 3 is 2.81 bits per heavy atom. The number of hydrogen-bond donors (Lipinski definition) is 1. The van der Waals surface area contributed by atoms with Gasteiger partial charge in [0.05, 0.1) is 12.2 Å². The lowest BCUT2D eigenvalue weighted by molar-refractivity contribution is 0.937. The number of halogens is 1. The number of nitrogens with zero attached hydrogens (tertiary/aromatic N) is 1. The van der Waals surface area contributed by atoms with Gasteiger partial charge < -0.3 is 10.6 Å². The maximum atomic E-state index is 5.72. The van der Waals surface area contributed by atoms with Gasteiger partial charge in [0.1, 0.15) is 0 Å². The van der Waals surface area contributed by atoms with Crippen LogP contribution in [-0.2, 0) is 6.54 Å². The first-order valence-electron chi connectivity index (χ1n) is 4.95. The normalized spacial score (nSPS) is 10.4. The molecule has 0 saturated heterocycles. The van der Waals surface area contributed by atoms with E-state index in [9.17, 15) is 0 Å². The molecule has 1 heterocycles. The summed E-state index contributed by atoms with van der Waals surface area (Å²) >= 11 is 5.31. The topological polar surface area (TPSA) is 29.3 Å². The minimum atomic E-state index is 0.778. The van der Waals surface area contributed by atoms with Crippen molar-refractivity contribution in [3.63, 3.8) is 0 Å². The van der Waals surface area contributed by atoms with Gasteiger partial charge in [-0.25, -0.2) is 0 Å². The number of nitrogens with two attached hydrogens (primary N) is 1. The summed E-state index contributed by atoms with van der Waals surface area (Å²) in [6.45, 7) is 0.917. The van der Waals surface area contributed by atoms with Crippen LogP contribution in [0.15, 0.2) is 40.2 Å². The molecule has 0 amide bonds. The third-order valence-corrected chi connectivity index (χ3v) is 3.85. The van der Waals surface area contributed by atoms with Crippen LogP contribution in [0.25, 0.3) is 0 Å². The van der Waals surface area contributed by atoms with Crippen LogP contribution in [-0.4, -0.2) is 7.05 Å². The van der Waals surface area contributed by atoms with Crippen molar-refractivity contribution in [1.29, 1.82) is 0 Å². The first-order chi connectivity index (χ1) is 7.66. The Balaban J connectivity index is 2.17. The van der Waals surface area contributed by atoms with Gasteiger partial charge in [0.2, 0.25) is 0 Å². The predicted octanol–water partition coefficient (Wildman–Crippen LogP) is 3.73. The molecule has 0 saturated carbocycles. The van der Waals surface area contributed by atoms with Crippen molar-refractivity contribution in [2.45, 2.75) is 6.54 Å². The van der Waals surface area contributed by atoms with Crippen LogP contribution in [0, 0.1) is 0 Å². The van der Waals surface area contributed by atoms with Crippen LogP contribution in [0.5, 0.6) is 0 Å². The maximum Gasteiger partial charge on any atom is 0.0519 e. The molecular weight excluding hydrogens is 284 g/mol. The van der Waals surface area contributed by atoms with Gasteiger partial charge in [0.25, 0.3) is 0 Å². The third kappa shape index (κ3) is 2.57. The first kappa shape index (κ1) is 11.5. The summed E-state index contributed by atoms with van der Waals surface area (Å²) in [5, 5.41) is 2.10. The molecule has 2 N–H and O–H groups in total. The number of benzene rings is 1. The molecule has 0 radical (unpaired) electrons. The van der Waals surface area contributed by atoms with E-state index in [1.807, 2.05) is 18.2 Å². The molecule has 2 rings (SSSR count). The smallest absolute Gasteiger partial charge is 0.0519 e. The average molecular weight is 297 g/mol. The molecular formula is C12H13BrN2S. The number of anilines is 2. The molecule has 84 valence electrons. The molecule has 16 heavy (non-hydrogen) atoms. The molecule has 0 spiro atoms. The largest absolute Gasteiger partial charge is 0.399 e. The zero-order chi connectivity index (χ0) is 11.5. The number of rotatable bonds is 3. The first-order valence-corrected chi connectivity index (χ1v) is 6.62. The SMILES string of the molecule is CN(Cc1cccs1)c1ccc(N)cc1Br. The fourth-order valence-corrected chi connectivity index (χ4v) is 3.01. The van der Waals surface area contributed by atoms with E-state index >= 15 is 0 Å². The fraction of sp³-hybridized carbons (Fsp3) is 0.167. The maximum absolute atomic E-state index is 5.72. The van der Waals surface area contributed by atoms with E-state index in [0.29, 0.717) is 0 Å². The minimum Gasteiger partial charge on any atom is -0.399 e. The average Bonchev–Trinajstić information content (AvgIpc) is 2.70. The molecule has 2 aromatic rings. The van der Waals surface area contributed by atoms with Crippen LogP contribution in [0.4, 0.5) is 11.4 Å². The van der Waals surface area contributed by atoms with Crippen molar-refractivity contribution >= 4 is 38.6 Å². The highest BCUT2D eigenvalue weighted by atomic mass is 79.9. The molecule has 0 aliphatic carbocycles. The molecule has 0 aliphatic rings. The zero-order valence-corrected chi connectivity index (χ0v) is 11.4. The van der Waals surface area contributed by atoms with Gasteiger partial charge in [0.15, 0.2) is 0 Å². The van der Waals surface area contributed by atoms with Crippen molar-refractivity contribution in [2.24, 2.45) is 0 Å². The van der Waals surface area contributed by atoms with Gasteiger partial charge in [-0.15, -0.1) is 11.3 Å². The minimum absolute atomic E-state index is 0.778. The number of nitrogen functional groups attached to an aromatic ring is 1. The molecule has 1 aromatic carbocycles. The van der Waals surface area contributed by atoms with E-state index in [1.54, 1.807) is 11.3 Å². The van der Waals surface area contributed by atoms with Gasteiger partial charge in [-0.05, 0) is 45.6 Å². The molecule has 0 aliphatic heterocycles. The quantitative estimate of drug-likeness (QED) is 0.875. The van der Waals surface area contributed by atoms with Crippen LogP contribution >= 0.6 is 27.3 Å². The summed E-state index contributed by atoms with van der Waals surface area (Å²) in [5.41, 5.74) is 7.65. The molecule has 2 nitrogen and oxygen atoms in total. The van der Waals surface area contributed by atoms with Crippen LogP contribution in [0.1, 0.15) is 4.88 Å². The molecule has 0 bridgehead atoms. The monoisotopic (exact) mass is 296 g/mol. The fourth-order valence-electron chi connectivity index (χ4n) is 1.55. The summed E-state index contributed by atoms with van der Waals surface area (Å²) < 4.78 is 1.03. The lowest BCUT2D eigenvalue weighted by Gasteiger charge is -2.20. The summed E-state index contributed by atoms with van der Waals surface area (Å²) in [4.78, 5) is 3.56. The van der Waals surface area contributed by atoms with E-state index < -0.39 is 0 Å². The van der Waals surface area contributed by atoms with Crippen molar-refractivity contribution in [3.8, 4) is 0 Å². The highest BCUT2D eigenvalue weighted by molar-refractivity contribution is 9.10. The summed E-state index contributed by atoms with van der Waals surface area (Å²) in [6.07, 6.45) is 0. The highest BCUT2D eigenvalue weighted by Crippen LogP contribution is 2.28. The van der Waals surface area contributed by atoms with Crippen molar-refractivity contribution < 1.29 is 0 Å². The van der Waals surface area contributed by atoms with Gasteiger partial charge in [-0.3, -0.25) is 0 Å². The van der Waals surface area contributed by atoms with Crippen LogP contribution in [0.2, 0.25) is 0 Å². The Morgan fingerprint density at radius 1 is 1.38 bits per heavy atom. The highest BCUT2D eigenvalue weighted by Gasteiger charge is 2.06. The summed E-state index contributed by atoms with van der Waals surface area (Å²) in [5.74, 6) is 0. The van der Waals surface area contributed by atoms with E-state index in [4.69, 9.17) is 5.73 Å². The summed E-state index contributed by atoms with van der Waals surface area (Å²) in [7, 11) is 2.08. The standard InChI is InChI=1S/C12H13BrN2S/c1-15(8-10-3-2-6-16-10)12-5-4-9(14)7-11(12)13/h2-7H,8,14H2,1H3. The molecule has 1 aromatic heterocycles. The number of thiophene rings is 1. The molecule has 0 unspecified atom stereocenters. The Kier molecular flexibility index (Phi) is 3.51. The number of hydrogen-bond acceptors (Lipinski definition) is 3. The Bertz CT molecular complexity index is 468. The molecule has 0 atom stereocenters. The van der Waals surface area contributed by atoms with E-state index in [0.717, 1.165) is 22.4 Å². The third-order valence-electron chi connectivity index (χ3n) is 2.36. The Morgan fingerprint density at radius 2 is 2.19 bits per heavy atom. The van der Waals surface area contributed by atoms with E-state index in [1.165, 1.54) is 4.88 Å². The Labute approximate surface area is 108 Å². The second kappa shape index (κ2) is 4.89. The predicted molar refractivity (Wildman–Crippen MR) is 75.0 cm³/mol. The lowest BCUT2D eigenvalue weighted by Crippen LogP contribution is -2.16. The van der Waals surface area contributed by atoms with Gasteiger partial charge >= 0.3 is 0 Å². The molecule has 4 heteroatoms. The second-order valence-corrected chi connectivity index (χ2v) is 5.53. The van der Waals surface area contributed by atoms with Crippen LogP contribution in [0.3, 0.4) is 0 Å². The second-order valence-electron chi connectivity index (χ2n) is 3.65. The van der Waals surface area contributed by atoms with Gasteiger partial charge in [0, 0.05) is 22.1 Å². The van der Waals surface area contributed by atoms with E-state index in [2.05, 4.69) is 45.4 Å². The van der Waals surface area contributed by atoms with Crippen LogP contribution < -0.4 is 10.6 Å². The zero-order valence-electron chi connectivity index (χ0n) is 8.98.